The van der Waals surface area contributed by atoms with Gasteiger partial charge in [0.25, 0.3) is 5.91 Å². The highest BCUT2D eigenvalue weighted by Gasteiger charge is 2.27. The average Bonchev–Trinajstić information content (AvgIpc) is 3.10. The second kappa shape index (κ2) is 6.40. The zero-order chi connectivity index (χ0) is 16.4. The van der Waals surface area contributed by atoms with Crippen LogP contribution in [0.4, 0.5) is 0 Å². The number of fused-ring (bicyclic) bond motifs is 1. The number of nitrogens with zero attached hydrogens (tertiary/aromatic N) is 3. The van der Waals surface area contributed by atoms with Crippen molar-refractivity contribution in [3.63, 3.8) is 0 Å². The van der Waals surface area contributed by atoms with Crippen LogP contribution >= 0.6 is 0 Å². The van der Waals surface area contributed by atoms with Gasteiger partial charge in [0, 0.05) is 37.1 Å². The average molecular weight is 317 g/mol. The van der Waals surface area contributed by atoms with Crippen LogP contribution in [0.5, 0.6) is 0 Å². The van der Waals surface area contributed by atoms with Crippen molar-refractivity contribution >= 4 is 16.8 Å². The molecule has 0 aliphatic carbocycles. The lowest BCUT2D eigenvalue weighted by Crippen LogP contribution is -2.29. The largest absolute Gasteiger partial charge is 0.338 e. The van der Waals surface area contributed by atoms with E-state index in [9.17, 15) is 4.79 Å². The van der Waals surface area contributed by atoms with Crippen LogP contribution in [0.2, 0.25) is 0 Å². The van der Waals surface area contributed by atoms with Crippen LogP contribution in [0.25, 0.3) is 10.9 Å². The number of pyridine rings is 2. The van der Waals surface area contributed by atoms with Crippen molar-refractivity contribution in [3.05, 3.63) is 72.2 Å². The Morgan fingerprint density at radius 1 is 1.17 bits per heavy atom. The summed E-state index contributed by atoms with van der Waals surface area (Å²) in [6, 6.07) is 14.2. The number of rotatable bonds is 3. The summed E-state index contributed by atoms with van der Waals surface area (Å²) in [5.74, 6) is 0.605. The van der Waals surface area contributed by atoms with Crippen molar-refractivity contribution in [2.75, 3.05) is 13.1 Å². The van der Waals surface area contributed by atoms with Crippen molar-refractivity contribution in [2.24, 2.45) is 5.92 Å². The van der Waals surface area contributed by atoms with Gasteiger partial charge in [-0.25, -0.2) is 0 Å². The van der Waals surface area contributed by atoms with Crippen LogP contribution in [0.1, 0.15) is 22.3 Å². The second-order valence-corrected chi connectivity index (χ2v) is 6.38. The van der Waals surface area contributed by atoms with Crippen LogP contribution in [0.3, 0.4) is 0 Å². The lowest BCUT2D eigenvalue weighted by atomic mass is 9.97. The number of aromatic nitrogens is 2. The third kappa shape index (κ3) is 3.00. The molecule has 24 heavy (non-hydrogen) atoms. The van der Waals surface area contributed by atoms with E-state index in [4.69, 9.17) is 0 Å². The fraction of sp³-hybridized carbons (Fsp3) is 0.250. The summed E-state index contributed by atoms with van der Waals surface area (Å²) >= 11 is 0. The first kappa shape index (κ1) is 14.8. The van der Waals surface area contributed by atoms with Crippen molar-refractivity contribution in [2.45, 2.75) is 12.8 Å². The molecular formula is C20H19N3O. The lowest BCUT2D eigenvalue weighted by Gasteiger charge is -2.16. The molecule has 4 heteroatoms. The van der Waals surface area contributed by atoms with Crippen LogP contribution in [-0.4, -0.2) is 33.9 Å². The highest BCUT2D eigenvalue weighted by molar-refractivity contribution is 5.94. The molecule has 3 heterocycles. The van der Waals surface area contributed by atoms with Crippen LogP contribution < -0.4 is 0 Å². The molecule has 0 saturated carbocycles. The fourth-order valence-electron chi connectivity index (χ4n) is 3.44. The number of likely N-dealkylation sites (tertiary alicyclic amines) is 1. The highest BCUT2D eigenvalue weighted by Crippen LogP contribution is 2.24. The summed E-state index contributed by atoms with van der Waals surface area (Å²) < 4.78 is 0. The molecule has 120 valence electrons. The predicted octanol–water partition coefficient (Wildman–Crippen LogP) is 3.33. The predicted molar refractivity (Wildman–Crippen MR) is 93.7 cm³/mol. The van der Waals surface area contributed by atoms with Gasteiger partial charge >= 0.3 is 0 Å². The topological polar surface area (TPSA) is 46.1 Å². The van der Waals surface area contributed by atoms with Gasteiger partial charge in [-0.2, -0.15) is 0 Å². The number of carbonyl (C=O) groups excluding carboxylic acids is 1. The smallest absolute Gasteiger partial charge is 0.255 e. The molecule has 0 bridgehead atoms. The van der Waals surface area contributed by atoms with E-state index in [-0.39, 0.29) is 5.91 Å². The van der Waals surface area contributed by atoms with Crippen molar-refractivity contribution in [1.29, 1.82) is 0 Å². The van der Waals surface area contributed by atoms with Gasteiger partial charge in [0.15, 0.2) is 0 Å². The first-order chi connectivity index (χ1) is 11.8. The molecule has 1 atom stereocenters. The molecule has 1 saturated heterocycles. The summed E-state index contributed by atoms with van der Waals surface area (Å²) in [7, 11) is 0. The molecule has 4 nitrogen and oxygen atoms in total. The Labute approximate surface area is 141 Å². The number of amides is 1. The molecule has 0 N–H and O–H groups in total. The van der Waals surface area contributed by atoms with Crippen molar-refractivity contribution < 1.29 is 4.79 Å². The quantitative estimate of drug-likeness (QED) is 0.744. The van der Waals surface area contributed by atoms with E-state index >= 15 is 0 Å². The molecule has 0 spiro atoms. The van der Waals surface area contributed by atoms with Gasteiger partial charge in [0.05, 0.1) is 11.1 Å². The van der Waals surface area contributed by atoms with Gasteiger partial charge in [0.1, 0.15) is 0 Å². The van der Waals surface area contributed by atoms with E-state index in [0.29, 0.717) is 11.5 Å². The summed E-state index contributed by atoms with van der Waals surface area (Å²) in [4.78, 5) is 22.8. The lowest BCUT2D eigenvalue weighted by molar-refractivity contribution is 0.0786. The maximum atomic E-state index is 12.5. The normalized spacial score (nSPS) is 17.3. The highest BCUT2D eigenvalue weighted by atomic mass is 16.2. The monoisotopic (exact) mass is 317 g/mol. The molecule has 1 aliphatic heterocycles. The van der Waals surface area contributed by atoms with E-state index in [0.717, 1.165) is 31.4 Å². The fourth-order valence-corrected chi connectivity index (χ4v) is 3.44. The first-order valence-electron chi connectivity index (χ1n) is 8.32. The minimum Gasteiger partial charge on any atom is -0.338 e. The maximum Gasteiger partial charge on any atom is 0.255 e. The molecule has 0 unspecified atom stereocenters. The zero-order valence-corrected chi connectivity index (χ0v) is 13.4. The van der Waals surface area contributed by atoms with E-state index in [1.165, 1.54) is 10.9 Å². The molecule has 1 amide bonds. The Bertz CT molecular complexity index is 863. The number of hydrogen-bond acceptors (Lipinski definition) is 3. The molecule has 2 aromatic heterocycles. The van der Waals surface area contributed by atoms with Gasteiger partial charge in [-0.3, -0.25) is 14.8 Å². The summed E-state index contributed by atoms with van der Waals surface area (Å²) in [6.07, 6.45) is 7.21. The minimum atomic E-state index is 0.0910. The van der Waals surface area contributed by atoms with Gasteiger partial charge < -0.3 is 4.90 Å². The van der Waals surface area contributed by atoms with E-state index < -0.39 is 0 Å². The molecule has 1 aliphatic rings. The van der Waals surface area contributed by atoms with E-state index in [2.05, 4.69) is 34.2 Å². The number of carbonyl (C=O) groups is 1. The standard InChI is InChI=1S/C20H19N3O/c24-20(18-4-1-8-21-13-18)23-10-7-16(14-23)11-15-5-6-19-17(12-15)3-2-9-22-19/h1-6,8-9,12-13,16H,7,10-11,14H2/t16-/m0/s1. The molecular weight excluding hydrogens is 298 g/mol. The third-order valence-corrected chi connectivity index (χ3v) is 4.67. The van der Waals surface area contributed by atoms with Crippen LogP contribution in [0, 0.1) is 5.92 Å². The van der Waals surface area contributed by atoms with Crippen LogP contribution in [0.15, 0.2) is 61.1 Å². The van der Waals surface area contributed by atoms with E-state index in [1.54, 1.807) is 12.4 Å². The zero-order valence-electron chi connectivity index (χ0n) is 13.4. The third-order valence-electron chi connectivity index (χ3n) is 4.67. The van der Waals surface area contributed by atoms with Gasteiger partial charge in [-0.05, 0) is 54.7 Å². The molecule has 3 aromatic rings. The van der Waals surface area contributed by atoms with Gasteiger partial charge in [-0.15, -0.1) is 0 Å². The Morgan fingerprint density at radius 3 is 2.96 bits per heavy atom. The van der Waals surface area contributed by atoms with Crippen molar-refractivity contribution in [3.8, 4) is 0 Å². The number of benzene rings is 1. The first-order valence-corrected chi connectivity index (χ1v) is 8.32. The van der Waals surface area contributed by atoms with Gasteiger partial charge in [-0.1, -0.05) is 12.1 Å². The summed E-state index contributed by atoms with van der Waals surface area (Å²) in [5, 5.41) is 1.18. The van der Waals surface area contributed by atoms with Gasteiger partial charge in [0.2, 0.25) is 0 Å². The van der Waals surface area contributed by atoms with Crippen molar-refractivity contribution in [1.82, 2.24) is 14.9 Å². The Balaban J connectivity index is 1.44. The van der Waals surface area contributed by atoms with Crippen LogP contribution in [-0.2, 0) is 6.42 Å². The maximum absolute atomic E-state index is 12.5. The molecule has 0 radical (unpaired) electrons. The Morgan fingerprint density at radius 2 is 2.08 bits per heavy atom. The summed E-state index contributed by atoms with van der Waals surface area (Å²) in [5.41, 5.74) is 3.02. The molecule has 1 fully saturated rings. The SMILES string of the molecule is O=C(c1cccnc1)N1CC[C@@H](Cc2ccc3ncccc3c2)C1. The summed E-state index contributed by atoms with van der Waals surface area (Å²) in [6.45, 7) is 1.65. The Kier molecular flexibility index (Phi) is 3.95. The number of hydrogen-bond donors (Lipinski definition) is 0. The molecule has 1 aromatic carbocycles. The van der Waals surface area contributed by atoms with E-state index in [1.807, 2.05) is 29.3 Å². The Hall–Kier alpha value is -2.75. The molecule has 4 rings (SSSR count). The second-order valence-electron chi connectivity index (χ2n) is 6.38. The minimum absolute atomic E-state index is 0.0910.